The number of aromatic carboxylic acids is 1. The third-order valence-corrected chi connectivity index (χ3v) is 2.23. The monoisotopic (exact) mass is 233 g/mol. The van der Waals surface area contributed by atoms with Crippen LogP contribution >= 0.6 is 0 Å². The molecule has 6 heteroatoms. The molecule has 6 nitrogen and oxygen atoms in total. The van der Waals surface area contributed by atoms with Crippen molar-refractivity contribution in [3.05, 3.63) is 42.0 Å². The van der Waals surface area contributed by atoms with Crippen LogP contribution in [0, 0.1) is 0 Å². The lowest BCUT2D eigenvalue weighted by atomic mass is 10.2. The zero-order valence-corrected chi connectivity index (χ0v) is 9.20. The molecular formula is C11H11N3O3. The molecule has 0 aliphatic carbocycles. The lowest BCUT2D eigenvalue weighted by molar-refractivity contribution is 0.0683. The predicted octanol–water partition coefficient (Wildman–Crippen LogP) is 1.03. The first-order chi connectivity index (χ1) is 8.19. The first-order valence-corrected chi connectivity index (χ1v) is 4.94. The predicted molar refractivity (Wildman–Crippen MR) is 59.1 cm³/mol. The highest BCUT2D eigenvalue weighted by Crippen LogP contribution is 2.11. The van der Waals surface area contributed by atoms with E-state index in [2.05, 4.69) is 10.1 Å². The van der Waals surface area contributed by atoms with Crippen molar-refractivity contribution in [2.45, 2.75) is 6.54 Å². The molecule has 0 spiro atoms. The number of carboxylic acids is 1. The van der Waals surface area contributed by atoms with Gasteiger partial charge in [-0.15, -0.1) is 5.10 Å². The fraction of sp³-hybridized carbons (Fsp3) is 0.182. The lowest BCUT2D eigenvalue weighted by Crippen LogP contribution is -2.04. The summed E-state index contributed by atoms with van der Waals surface area (Å²) in [6.45, 7) is 0.476. The zero-order valence-electron chi connectivity index (χ0n) is 9.20. The number of methoxy groups -OCH3 is 1. The van der Waals surface area contributed by atoms with E-state index >= 15 is 0 Å². The summed E-state index contributed by atoms with van der Waals surface area (Å²) in [5.74, 6) is -0.546. The number of ether oxygens (including phenoxy) is 1. The maximum atomic E-state index is 10.6. The van der Waals surface area contributed by atoms with E-state index < -0.39 is 5.97 Å². The van der Waals surface area contributed by atoms with Crippen LogP contribution in [-0.2, 0) is 6.54 Å². The summed E-state index contributed by atoms with van der Waals surface area (Å²) in [4.78, 5) is 14.3. The Morgan fingerprint density at radius 3 is 2.65 bits per heavy atom. The highest BCUT2D eigenvalue weighted by molar-refractivity contribution is 5.82. The Morgan fingerprint density at radius 2 is 2.12 bits per heavy atom. The summed E-state index contributed by atoms with van der Waals surface area (Å²) in [5, 5.41) is 12.5. The van der Waals surface area contributed by atoms with Gasteiger partial charge in [0, 0.05) is 0 Å². The molecule has 0 amide bonds. The molecule has 0 saturated carbocycles. The first-order valence-electron chi connectivity index (χ1n) is 4.94. The maximum Gasteiger partial charge on any atom is 0.375 e. The minimum absolute atomic E-state index is 0.196. The molecule has 2 rings (SSSR count). The Kier molecular flexibility index (Phi) is 3.04. The Hall–Kier alpha value is -2.37. The normalized spacial score (nSPS) is 10.2. The molecule has 0 unspecified atom stereocenters. The molecule has 1 aromatic heterocycles. The van der Waals surface area contributed by atoms with Crippen molar-refractivity contribution in [2.75, 3.05) is 7.11 Å². The number of carboxylic acid groups (broad SMARTS) is 1. The van der Waals surface area contributed by atoms with E-state index in [4.69, 9.17) is 9.84 Å². The summed E-state index contributed by atoms with van der Waals surface area (Å²) in [7, 11) is 1.60. The van der Waals surface area contributed by atoms with Gasteiger partial charge in [-0.2, -0.15) is 0 Å². The van der Waals surface area contributed by atoms with Crippen LogP contribution in [0.25, 0.3) is 0 Å². The molecule has 1 heterocycles. The van der Waals surface area contributed by atoms with Crippen LogP contribution < -0.4 is 4.74 Å². The van der Waals surface area contributed by atoms with E-state index in [1.807, 2.05) is 24.3 Å². The van der Waals surface area contributed by atoms with Gasteiger partial charge < -0.3 is 9.84 Å². The van der Waals surface area contributed by atoms with Crippen LogP contribution in [0.4, 0.5) is 0 Å². The van der Waals surface area contributed by atoms with Gasteiger partial charge >= 0.3 is 5.97 Å². The minimum Gasteiger partial charge on any atom is -0.497 e. The number of benzene rings is 1. The van der Waals surface area contributed by atoms with Crippen LogP contribution in [0.1, 0.15) is 16.2 Å². The zero-order chi connectivity index (χ0) is 12.3. The quantitative estimate of drug-likeness (QED) is 0.853. The van der Waals surface area contributed by atoms with Gasteiger partial charge in [0.15, 0.2) is 0 Å². The third kappa shape index (κ3) is 2.60. The molecule has 0 aliphatic rings. The third-order valence-electron chi connectivity index (χ3n) is 2.23. The highest BCUT2D eigenvalue weighted by Gasteiger charge is 2.08. The van der Waals surface area contributed by atoms with Crippen molar-refractivity contribution in [3.8, 4) is 5.75 Å². The van der Waals surface area contributed by atoms with Gasteiger partial charge in [-0.3, -0.25) is 0 Å². The summed E-state index contributed by atoms with van der Waals surface area (Å²) in [6.07, 6.45) is 1.40. The SMILES string of the molecule is COc1ccc(Cn2cnc(C(=O)O)n2)cc1. The van der Waals surface area contributed by atoms with E-state index in [9.17, 15) is 4.79 Å². The van der Waals surface area contributed by atoms with E-state index in [1.165, 1.54) is 11.0 Å². The van der Waals surface area contributed by atoms with Crippen molar-refractivity contribution in [1.82, 2.24) is 14.8 Å². The number of hydrogen-bond donors (Lipinski definition) is 1. The van der Waals surface area contributed by atoms with Crippen molar-refractivity contribution in [2.24, 2.45) is 0 Å². The molecule has 0 saturated heterocycles. The van der Waals surface area contributed by atoms with E-state index in [1.54, 1.807) is 7.11 Å². The molecule has 1 N–H and O–H groups in total. The number of aromatic nitrogens is 3. The standard InChI is InChI=1S/C11H11N3O3/c1-17-9-4-2-8(3-5-9)6-14-7-12-10(13-14)11(15)16/h2-5,7H,6H2,1H3,(H,15,16). The van der Waals surface area contributed by atoms with Crippen LogP contribution in [0.3, 0.4) is 0 Å². The van der Waals surface area contributed by atoms with Gasteiger partial charge in [0.2, 0.25) is 0 Å². The summed E-state index contributed by atoms with van der Waals surface area (Å²) < 4.78 is 6.52. The maximum absolute atomic E-state index is 10.6. The topological polar surface area (TPSA) is 77.2 Å². The fourth-order valence-corrected chi connectivity index (χ4v) is 1.39. The average molecular weight is 233 g/mol. The van der Waals surface area contributed by atoms with Gasteiger partial charge in [0.1, 0.15) is 12.1 Å². The molecule has 88 valence electrons. The highest BCUT2D eigenvalue weighted by atomic mass is 16.5. The minimum atomic E-state index is -1.13. The summed E-state index contributed by atoms with van der Waals surface area (Å²) in [5.41, 5.74) is 0.993. The van der Waals surface area contributed by atoms with Gasteiger partial charge in [-0.1, -0.05) is 12.1 Å². The number of carbonyl (C=O) groups is 1. The van der Waals surface area contributed by atoms with E-state index in [-0.39, 0.29) is 5.82 Å². The van der Waals surface area contributed by atoms with Crippen molar-refractivity contribution >= 4 is 5.97 Å². The Bertz CT molecular complexity index is 519. The van der Waals surface area contributed by atoms with Crippen LogP contribution in [0.15, 0.2) is 30.6 Å². The second kappa shape index (κ2) is 4.65. The molecule has 0 atom stereocenters. The molecular weight excluding hydrogens is 222 g/mol. The van der Waals surface area contributed by atoms with Gasteiger partial charge in [-0.05, 0) is 17.7 Å². The van der Waals surface area contributed by atoms with Crippen molar-refractivity contribution in [3.63, 3.8) is 0 Å². The van der Waals surface area contributed by atoms with Crippen LogP contribution in [0.5, 0.6) is 5.75 Å². The fourth-order valence-electron chi connectivity index (χ4n) is 1.39. The molecule has 0 bridgehead atoms. The number of hydrogen-bond acceptors (Lipinski definition) is 4. The molecule has 0 radical (unpaired) electrons. The molecule has 1 aromatic carbocycles. The van der Waals surface area contributed by atoms with Crippen LogP contribution in [-0.4, -0.2) is 33.0 Å². The van der Waals surface area contributed by atoms with Gasteiger partial charge in [-0.25, -0.2) is 14.5 Å². The summed E-state index contributed by atoms with van der Waals surface area (Å²) >= 11 is 0. The second-order valence-electron chi connectivity index (χ2n) is 3.42. The average Bonchev–Trinajstić information content (AvgIpc) is 2.79. The molecule has 2 aromatic rings. The second-order valence-corrected chi connectivity index (χ2v) is 3.42. The van der Waals surface area contributed by atoms with E-state index in [0.29, 0.717) is 6.54 Å². The van der Waals surface area contributed by atoms with Gasteiger partial charge in [0.05, 0.1) is 13.7 Å². The molecule has 0 fully saturated rings. The van der Waals surface area contributed by atoms with Crippen molar-refractivity contribution in [1.29, 1.82) is 0 Å². The lowest BCUT2D eigenvalue weighted by Gasteiger charge is -2.02. The Labute approximate surface area is 97.5 Å². The largest absolute Gasteiger partial charge is 0.497 e. The molecule has 17 heavy (non-hydrogen) atoms. The Balaban J connectivity index is 2.11. The smallest absolute Gasteiger partial charge is 0.375 e. The van der Waals surface area contributed by atoms with E-state index in [0.717, 1.165) is 11.3 Å². The van der Waals surface area contributed by atoms with Gasteiger partial charge in [0.25, 0.3) is 5.82 Å². The number of rotatable bonds is 4. The molecule has 0 aliphatic heterocycles. The number of nitrogens with zero attached hydrogens (tertiary/aromatic N) is 3. The summed E-state index contributed by atoms with van der Waals surface area (Å²) in [6, 6.07) is 7.46. The van der Waals surface area contributed by atoms with Crippen LogP contribution in [0.2, 0.25) is 0 Å². The first kappa shape index (κ1) is 11.1. The van der Waals surface area contributed by atoms with Crippen molar-refractivity contribution < 1.29 is 14.6 Å². The Morgan fingerprint density at radius 1 is 1.41 bits per heavy atom.